The van der Waals surface area contributed by atoms with Crippen molar-refractivity contribution in [1.82, 2.24) is 9.97 Å². The zero-order valence-corrected chi connectivity index (χ0v) is 16.1. The maximum atomic E-state index is 14.1. The Morgan fingerprint density at radius 1 is 1.07 bits per heavy atom. The third-order valence-corrected chi connectivity index (χ3v) is 5.42. The van der Waals surface area contributed by atoms with E-state index in [1.54, 1.807) is 24.4 Å². The van der Waals surface area contributed by atoms with Gasteiger partial charge in [-0.05, 0) is 36.4 Å². The summed E-state index contributed by atoms with van der Waals surface area (Å²) in [6.07, 6.45) is 1.57. The predicted molar refractivity (Wildman–Crippen MR) is 106 cm³/mol. The van der Waals surface area contributed by atoms with E-state index in [2.05, 4.69) is 9.97 Å². The van der Waals surface area contributed by atoms with Crippen LogP contribution in [0.25, 0.3) is 10.2 Å². The van der Waals surface area contributed by atoms with E-state index in [4.69, 9.17) is 11.6 Å². The molecule has 9 heteroatoms. The number of pyridine rings is 1. The van der Waals surface area contributed by atoms with Crippen LogP contribution in [0.3, 0.4) is 0 Å². The molecule has 0 aliphatic heterocycles. The van der Waals surface area contributed by atoms with Crippen LogP contribution in [0.4, 0.5) is 18.3 Å². The Morgan fingerprint density at radius 3 is 2.62 bits per heavy atom. The van der Waals surface area contributed by atoms with Crippen molar-refractivity contribution >= 4 is 44.2 Å². The third-order valence-electron chi connectivity index (χ3n) is 4.09. The van der Waals surface area contributed by atoms with Gasteiger partial charge in [0, 0.05) is 12.3 Å². The third kappa shape index (κ3) is 3.94. The highest BCUT2D eigenvalue weighted by Crippen LogP contribution is 2.33. The van der Waals surface area contributed by atoms with Crippen molar-refractivity contribution in [2.24, 2.45) is 0 Å². The Balaban J connectivity index is 1.82. The number of hydrogen-bond acceptors (Lipinski definition) is 4. The molecule has 0 fully saturated rings. The van der Waals surface area contributed by atoms with Gasteiger partial charge >= 0.3 is 0 Å². The Hall–Kier alpha value is -2.97. The number of hydrogen-bond donors (Lipinski definition) is 0. The van der Waals surface area contributed by atoms with E-state index >= 15 is 0 Å². The van der Waals surface area contributed by atoms with E-state index < -0.39 is 23.4 Å². The highest BCUT2D eigenvalue weighted by molar-refractivity contribution is 7.22. The average Bonchev–Trinajstić information content (AvgIpc) is 3.10. The SMILES string of the molecule is O=C(c1ccc(F)cc1Cl)N(Cc1ccccn1)c1nc2c(F)cc(F)cc2s1. The Bertz CT molecular complexity index is 1220. The highest BCUT2D eigenvalue weighted by Gasteiger charge is 2.25. The number of aromatic nitrogens is 2. The molecule has 0 unspecified atom stereocenters. The fourth-order valence-corrected chi connectivity index (χ4v) is 4.00. The lowest BCUT2D eigenvalue weighted by Gasteiger charge is -2.20. The van der Waals surface area contributed by atoms with Crippen LogP contribution in [0.1, 0.15) is 16.1 Å². The molecule has 1 amide bonds. The van der Waals surface area contributed by atoms with E-state index in [1.165, 1.54) is 11.0 Å². The van der Waals surface area contributed by atoms with Gasteiger partial charge in [-0.3, -0.25) is 14.7 Å². The minimum absolute atomic E-state index is 0.0112. The molecule has 0 aliphatic carbocycles. The molecule has 29 heavy (non-hydrogen) atoms. The molecule has 4 rings (SSSR count). The summed E-state index contributed by atoms with van der Waals surface area (Å²) in [6.45, 7) is 0.0112. The van der Waals surface area contributed by atoms with Gasteiger partial charge in [0.1, 0.15) is 17.2 Å². The lowest BCUT2D eigenvalue weighted by Crippen LogP contribution is -2.31. The van der Waals surface area contributed by atoms with Gasteiger partial charge in [-0.15, -0.1) is 0 Å². The van der Waals surface area contributed by atoms with Crippen LogP contribution in [0.2, 0.25) is 5.02 Å². The second-order valence-corrected chi connectivity index (χ2v) is 7.48. The van der Waals surface area contributed by atoms with Crippen molar-refractivity contribution in [2.45, 2.75) is 6.54 Å². The summed E-state index contributed by atoms with van der Waals surface area (Å²) in [7, 11) is 0. The quantitative estimate of drug-likeness (QED) is 0.420. The van der Waals surface area contributed by atoms with Crippen LogP contribution in [0.5, 0.6) is 0 Å². The molecular formula is C20H11ClF3N3OS. The first-order valence-corrected chi connectivity index (χ1v) is 9.54. The molecule has 2 aromatic carbocycles. The van der Waals surface area contributed by atoms with Gasteiger partial charge in [0.15, 0.2) is 10.9 Å². The van der Waals surface area contributed by atoms with Crippen molar-refractivity contribution in [3.05, 3.63) is 88.5 Å². The Labute approximate surface area is 172 Å². The number of carbonyl (C=O) groups is 1. The molecule has 0 N–H and O–H groups in total. The van der Waals surface area contributed by atoms with Crippen molar-refractivity contribution in [3.8, 4) is 0 Å². The molecule has 0 bridgehead atoms. The van der Waals surface area contributed by atoms with Gasteiger partial charge < -0.3 is 0 Å². The second-order valence-electron chi connectivity index (χ2n) is 6.07. The van der Waals surface area contributed by atoms with Gasteiger partial charge in [0.2, 0.25) is 0 Å². The van der Waals surface area contributed by atoms with Gasteiger partial charge in [0.05, 0.1) is 27.5 Å². The number of carbonyl (C=O) groups excluding carboxylic acids is 1. The first-order valence-electron chi connectivity index (χ1n) is 8.35. The maximum Gasteiger partial charge on any atom is 0.261 e. The molecule has 4 nitrogen and oxygen atoms in total. The molecule has 4 aromatic rings. The fourth-order valence-electron chi connectivity index (χ4n) is 2.75. The first-order chi connectivity index (χ1) is 13.9. The number of anilines is 1. The number of nitrogens with zero attached hydrogens (tertiary/aromatic N) is 3. The number of thiazole rings is 1. The summed E-state index contributed by atoms with van der Waals surface area (Å²) in [6, 6.07) is 10.5. The highest BCUT2D eigenvalue weighted by atomic mass is 35.5. The van der Waals surface area contributed by atoms with Crippen LogP contribution in [-0.2, 0) is 6.54 Å². The fraction of sp³-hybridized carbons (Fsp3) is 0.0500. The molecule has 0 spiro atoms. The molecule has 0 aliphatic rings. The molecule has 2 heterocycles. The van der Waals surface area contributed by atoms with E-state index in [-0.39, 0.29) is 32.5 Å². The monoisotopic (exact) mass is 433 g/mol. The van der Waals surface area contributed by atoms with E-state index in [0.717, 1.165) is 35.6 Å². The van der Waals surface area contributed by atoms with E-state index in [1.807, 2.05) is 0 Å². The molecule has 0 atom stereocenters. The summed E-state index contributed by atoms with van der Waals surface area (Å²) in [4.78, 5) is 22.8. The smallest absolute Gasteiger partial charge is 0.261 e. The number of rotatable bonds is 4. The predicted octanol–water partition coefficient (Wildman–Crippen LogP) is 5.61. The van der Waals surface area contributed by atoms with E-state index in [9.17, 15) is 18.0 Å². The van der Waals surface area contributed by atoms with Crippen molar-refractivity contribution in [2.75, 3.05) is 4.90 Å². The van der Waals surface area contributed by atoms with Crippen LogP contribution < -0.4 is 4.90 Å². The summed E-state index contributed by atoms with van der Waals surface area (Å²) < 4.78 is 41.3. The topological polar surface area (TPSA) is 46.1 Å². The van der Waals surface area contributed by atoms with Crippen molar-refractivity contribution < 1.29 is 18.0 Å². The van der Waals surface area contributed by atoms with Gasteiger partial charge in [-0.1, -0.05) is 29.0 Å². The summed E-state index contributed by atoms with van der Waals surface area (Å²) in [5, 5.41) is 0.0694. The standard InChI is InChI=1S/C20H11ClF3N3OS/c21-15-7-11(22)4-5-14(15)19(28)27(10-13-3-1-2-6-25-13)20-26-18-16(24)8-12(23)9-17(18)29-20/h1-9H,10H2. The van der Waals surface area contributed by atoms with Gasteiger partial charge in [-0.25, -0.2) is 18.2 Å². The number of fused-ring (bicyclic) bond motifs is 1. The molecule has 2 aromatic heterocycles. The number of benzene rings is 2. The Kier molecular flexibility index (Phi) is 5.21. The average molecular weight is 434 g/mol. The molecule has 146 valence electrons. The number of amides is 1. The van der Waals surface area contributed by atoms with Crippen LogP contribution in [-0.4, -0.2) is 15.9 Å². The van der Waals surface area contributed by atoms with Crippen molar-refractivity contribution in [3.63, 3.8) is 0 Å². The van der Waals surface area contributed by atoms with Crippen LogP contribution in [0.15, 0.2) is 54.7 Å². The lowest BCUT2D eigenvalue weighted by atomic mass is 10.2. The molecule has 0 radical (unpaired) electrons. The van der Waals surface area contributed by atoms with Crippen molar-refractivity contribution in [1.29, 1.82) is 0 Å². The molecule has 0 saturated carbocycles. The van der Waals surface area contributed by atoms with Gasteiger partial charge in [0.25, 0.3) is 5.91 Å². The van der Waals surface area contributed by atoms with E-state index in [0.29, 0.717) is 5.69 Å². The summed E-state index contributed by atoms with van der Waals surface area (Å²) in [5.74, 6) is -2.72. The normalized spacial score (nSPS) is 11.0. The van der Waals surface area contributed by atoms with Gasteiger partial charge in [-0.2, -0.15) is 0 Å². The zero-order valence-electron chi connectivity index (χ0n) is 14.6. The largest absolute Gasteiger partial charge is 0.278 e. The molecule has 0 saturated heterocycles. The number of halogens is 4. The minimum atomic E-state index is -0.826. The zero-order chi connectivity index (χ0) is 20.5. The van der Waals surface area contributed by atoms with Crippen LogP contribution >= 0.6 is 22.9 Å². The summed E-state index contributed by atoms with van der Waals surface area (Å²) in [5.41, 5.74) is 0.551. The maximum absolute atomic E-state index is 14.1. The minimum Gasteiger partial charge on any atom is -0.278 e. The Morgan fingerprint density at radius 2 is 1.90 bits per heavy atom. The van der Waals surface area contributed by atoms with Crippen LogP contribution in [0, 0.1) is 17.5 Å². The molecular weight excluding hydrogens is 423 g/mol. The second kappa shape index (κ2) is 7.81. The first kappa shape index (κ1) is 19.4. The summed E-state index contributed by atoms with van der Waals surface area (Å²) >= 11 is 7.01. The lowest BCUT2D eigenvalue weighted by molar-refractivity contribution is 0.0985.